The summed E-state index contributed by atoms with van der Waals surface area (Å²) < 4.78 is 11.0. The molecule has 1 saturated heterocycles. The van der Waals surface area contributed by atoms with Crippen molar-refractivity contribution in [3.63, 3.8) is 0 Å². The Bertz CT molecular complexity index is 430. The lowest BCUT2D eigenvalue weighted by molar-refractivity contribution is -0.0453. The van der Waals surface area contributed by atoms with E-state index in [9.17, 15) is 5.11 Å². The van der Waals surface area contributed by atoms with E-state index in [1.165, 1.54) is 0 Å². The van der Waals surface area contributed by atoms with Gasteiger partial charge in [-0.25, -0.2) is 0 Å². The molecule has 118 valence electrons. The lowest BCUT2D eigenvalue weighted by Crippen LogP contribution is -2.48. The molecule has 0 aliphatic carbocycles. The molecule has 2 rings (SSSR count). The lowest BCUT2D eigenvalue weighted by Gasteiger charge is -2.36. The van der Waals surface area contributed by atoms with Gasteiger partial charge in [0.25, 0.3) is 0 Å². The minimum Gasteiger partial charge on any atom is -0.389 e. The van der Waals surface area contributed by atoms with Gasteiger partial charge >= 0.3 is 0 Å². The molecule has 0 bridgehead atoms. The zero-order valence-corrected chi connectivity index (χ0v) is 13.3. The second-order valence-corrected chi connectivity index (χ2v) is 5.80. The Hall–Kier alpha value is -0.650. The van der Waals surface area contributed by atoms with Crippen molar-refractivity contribution in [2.45, 2.75) is 32.1 Å². The normalized spacial score (nSPS) is 21.4. The van der Waals surface area contributed by atoms with E-state index in [1.807, 2.05) is 24.3 Å². The van der Waals surface area contributed by atoms with Crippen LogP contribution in [0, 0.1) is 0 Å². The number of aliphatic hydroxyl groups is 1. The summed E-state index contributed by atoms with van der Waals surface area (Å²) in [5, 5.41) is 10.8. The molecule has 1 aromatic rings. The number of hydrogen-bond acceptors (Lipinski definition) is 4. The molecule has 1 aromatic carbocycles. The zero-order valence-electron chi connectivity index (χ0n) is 12.5. The Labute approximate surface area is 131 Å². The van der Waals surface area contributed by atoms with Crippen molar-refractivity contribution in [1.82, 2.24) is 4.90 Å². The summed E-state index contributed by atoms with van der Waals surface area (Å²) in [6, 6.07) is 8.00. The Morgan fingerprint density at radius 1 is 1.48 bits per heavy atom. The van der Waals surface area contributed by atoms with Crippen LogP contribution in [0.3, 0.4) is 0 Å². The van der Waals surface area contributed by atoms with Crippen LogP contribution in [0.25, 0.3) is 0 Å². The highest BCUT2D eigenvalue weighted by Crippen LogP contribution is 2.16. The third-order valence-electron chi connectivity index (χ3n) is 3.79. The van der Waals surface area contributed by atoms with Gasteiger partial charge in [-0.05, 0) is 18.1 Å². The minimum atomic E-state index is -0.486. The van der Waals surface area contributed by atoms with Crippen LogP contribution < -0.4 is 0 Å². The third-order valence-corrected chi connectivity index (χ3v) is 4.16. The molecule has 1 aliphatic rings. The Kier molecular flexibility index (Phi) is 6.93. The molecule has 4 nitrogen and oxygen atoms in total. The van der Waals surface area contributed by atoms with E-state index in [-0.39, 0.29) is 0 Å². The summed E-state index contributed by atoms with van der Waals surface area (Å²) >= 11 is 6.07. The topological polar surface area (TPSA) is 41.9 Å². The second kappa shape index (κ2) is 8.71. The predicted molar refractivity (Wildman–Crippen MR) is 83.6 cm³/mol. The number of nitrogens with zero attached hydrogens (tertiary/aromatic N) is 1. The molecule has 1 fully saturated rings. The first-order chi connectivity index (χ1) is 10.2. The highest BCUT2D eigenvalue weighted by atomic mass is 35.5. The number of morpholine rings is 1. The summed E-state index contributed by atoms with van der Waals surface area (Å²) in [5.74, 6) is 0. The summed E-state index contributed by atoms with van der Waals surface area (Å²) in [6.07, 6.45) is 0.548. The molecule has 0 saturated carbocycles. The van der Waals surface area contributed by atoms with Gasteiger partial charge in [-0.2, -0.15) is 0 Å². The summed E-state index contributed by atoms with van der Waals surface area (Å²) in [4.78, 5) is 2.28. The molecule has 21 heavy (non-hydrogen) atoms. The maximum atomic E-state index is 10.1. The molecule has 0 radical (unpaired) electrons. The fourth-order valence-electron chi connectivity index (χ4n) is 2.55. The molecule has 2 atom stereocenters. The average Bonchev–Trinajstić information content (AvgIpc) is 2.50. The lowest BCUT2D eigenvalue weighted by atomic mass is 10.1. The molecule has 2 unspecified atom stereocenters. The van der Waals surface area contributed by atoms with Crippen LogP contribution in [0.2, 0.25) is 5.02 Å². The largest absolute Gasteiger partial charge is 0.389 e. The van der Waals surface area contributed by atoms with Crippen molar-refractivity contribution < 1.29 is 14.6 Å². The van der Waals surface area contributed by atoms with E-state index in [2.05, 4.69) is 11.8 Å². The van der Waals surface area contributed by atoms with Crippen LogP contribution in [0.5, 0.6) is 0 Å². The molecule has 0 spiro atoms. The number of aliphatic hydroxyl groups excluding tert-OH is 1. The number of benzene rings is 1. The number of hydrogen-bond donors (Lipinski definition) is 1. The van der Waals surface area contributed by atoms with Gasteiger partial charge in [0.05, 0.1) is 32.5 Å². The molecule has 0 aromatic heterocycles. The van der Waals surface area contributed by atoms with E-state index in [0.29, 0.717) is 30.8 Å². The SMILES string of the molecule is CCC1COCCN1CC(O)COCc1ccccc1Cl. The van der Waals surface area contributed by atoms with Gasteiger partial charge in [0.1, 0.15) is 0 Å². The molecule has 5 heteroatoms. The smallest absolute Gasteiger partial charge is 0.0900 e. The monoisotopic (exact) mass is 313 g/mol. The molecular formula is C16H24ClNO3. The fourth-order valence-corrected chi connectivity index (χ4v) is 2.74. The predicted octanol–water partition coefficient (Wildman–Crippen LogP) is 2.33. The number of halogens is 1. The van der Waals surface area contributed by atoms with E-state index in [4.69, 9.17) is 21.1 Å². The molecule has 1 heterocycles. The summed E-state index contributed by atoms with van der Waals surface area (Å²) in [7, 11) is 0. The quantitative estimate of drug-likeness (QED) is 0.839. The van der Waals surface area contributed by atoms with Gasteiger partial charge in [0, 0.05) is 24.2 Å². The maximum absolute atomic E-state index is 10.1. The highest BCUT2D eigenvalue weighted by molar-refractivity contribution is 6.31. The molecule has 0 amide bonds. The summed E-state index contributed by atoms with van der Waals surface area (Å²) in [6.45, 7) is 5.89. The van der Waals surface area contributed by atoms with E-state index >= 15 is 0 Å². The van der Waals surface area contributed by atoms with Crippen molar-refractivity contribution >= 4 is 11.6 Å². The Morgan fingerprint density at radius 3 is 3.05 bits per heavy atom. The van der Waals surface area contributed by atoms with Gasteiger partial charge in [0.2, 0.25) is 0 Å². The van der Waals surface area contributed by atoms with Gasteiger partial charge in [0.15, 0.2) is 0 Å². The summed E-state index contributed by atoms with van der Waals surface area (Å²) in [5.41, 5.74) is 0.948. The van der Waals surface area contributed by atoms with Crippen molar-refractivity contribution in [2.75, 3.05) is 32.9 Å². The van der Waals surface area contributed by atoms with Gasteiger partial charge in [-0.15, -0.1) is 0 Å². The van der Waals surface area contributed by atoms with Gasteiger partial charge in [-0.3, -0.25) is 4.90 Å². The Morgan fingerprint density at radius 2 is 2.29 bits per heavy atom. The van der Waals surface area contributed by atoms with Crippen molar-refractivity contribution in [1.29, 1.82) is 0 Å². The fraction of sp³-hybridized carbons (Fsp3) is 0.625. The number of ether oxygens (including phenoxy) is 2. The van der Waals surface area contributed by atoms with E-state index in [0.717, 1.165) is 31.7 Å². The maximum Gasteiger partial charge on any atom is 0.0900 e. The first kappa shape index (κ1) is 16.7. The van der Waals surface area contributed by atoms with Crippen LogP contribution in [-0.4, -0.2) is 55.1 Å². The van der Waals surface area contributed by atoms with Crippen LogP contribution in [0.1, 0.15) is 18.9 Å². The van der Waals surface area contributed by atoms with Crippen molar-refractivity contribution in [2.24, 2.45) is 0 Å². The molecule has 1 aliphatic heterocycles. The average molecular weight is 314 g/mol. The van der Waals surface area contributed by atoms with Crippen LogP contribution in [-0.2, 0) is 16.1 Å². The van der Waals surface area contributed by atoms with Crippen LogP contribution >= 0.6 is 11.6 Å². The number of β-amino-alcohol motifs (C(OH)–C–C–N with tert-alkyl or cyclic N) is 1. The first-order valence-electron chi connectivity index (χ1n) is 7.51. The first-order valence-corrected chi connectivity index (χ1v) is 7.89. The van der Waals surface area contributed by atoms with Gasteiger partial charge < -0.3 is 14.6 Å². The molecule has 1 N–H and O–H groups in total. The van der Waals surface area contributed by atoms with E-state index in [1.54, 1.807) is 0 Å². The molecular weight excluding hydrogens is 290 g/mol. The highest BCUT2D eigenvalue weighted by Gasteiger charge is 2.23. The van der Waals surface area contributed by atoms with Crippen LogP contribution in [0.4, 0.5) is 0 Å². The second-order valence-electron chi connectivity index (χ2n) is 5.39. The van der Waals surface area contributed by atoms with E-state index < -0.39 is 6.10 Å². The van der Waals surface area contributed by atoms with Gasteiger partial charge in [-0.1, -0.05) is 36.7 Å². The number of rotatable bonds is 7. The Balaban J connectivity index is 1.72. The van der Waals surface area contributed by atoms with Crippen molar-refractivity contribution in [3.05, 3.63) is 34.9 Å². The minimum absolute atomic E-state index is 0.318. The van der Waals surface area contributed by atoms with Crippen molar-refractivity contribution in [3.8, 4) is 0 Å². The van der Waals surface area contributed by atoms with Crippen LogP contribution in [0.15, 0.2) is 24.3 Å². The zero-order chi connectivity index (χ0) is 15.1. The standard InChI is InChI=1S/C16H24ClNO3/c1-2-14-11-20-8-7-18(14)9-15(19)12-21-10-13-5-3-4-6-16(13)17/h3-6,14-15,19H,2,7-12H2,1H3. The third kappa shape index (κ3) is 5.24.